The van der Waals surface area contributed by atoms with Gasteiger partial charge in [0.25, 0.3) is 0 Å². The van der Waals surface area contributed by atoms with Gasteiger partial charge in [-0.3, -0.25) is 4.98 Å². The summed E-state index contributed by atoms with van der Waals surface area (Å²) in [6.45, 7) is 0. The van der Waals surface area contributed by atoms with Crippen molar-refractivity contribution < 1.29 is 5.11 Å². The molecule has 0 aliphatic rings. The van der Waals surface area contributed by atoms with Crippen LogP contribution >= 0.6 is 31.9 Å². The number of hydrogen-bond acceptors (Lipinski definition) is 2. The molecule has 4 heteroatoms. The Morgan fingerprint density at radius 2 is 1.85 bits per heavy atom. The number of pyridine rings is 1. The van der Waals surface area contributed by atoms with Crippen molar-refractivity contribution in [1.82, 2.24) is 4.98 Å². The number of rotatable bonds is 0. The molecule has 0 spiro atoms. The summed E-state index contributed by atoms with van der Waals surface area (Å²) >= 11 is 6.78. The van der Waals surface area contributed by atoms with Gasteiger partial charge in [-0.05, 0) is 34.1 Å². The maximum absolute atomic E-state index is 9.25. The lowest BCUT2D eigenvalue weighted by Crippen LogP contribution is -1.81. The van der Waals surface area contributed by atoms with Crippen LogP contribution < -0.4 is 0 Å². The summed E-state index contributed by atoms with van der Waals surface area (Å²) in [5, 5.41) is 10.1. The van der Waals surface area contributed by atoms with Crippen molar-refractivity contribution >= 4 is 42.8 Å². The first-order valence-electron chi connectivity index (χ1n) is 3.61. The summed E-state index contributed by atoms with van der Waals surface area (Å²) in [5.74, 6) is 0.173. The first kappa shape index (κ1) is 8.97. The molecule has 0 aliphatic carbocycles. The maximum atomic E-state index is 9.25. The van der Waals surface area contributed by atoms with E-state index in [0.717, 1.165) is 19.8 Å². The molecule has 66 valence electrons. The number of hydrogen-bond donors (Lipinski definition) is 1. The number of aromatic nitrogens is 1. The molecule has 0 amide bonds. The summed E-state index contributed by atoms with van der Waals surface area (Å²) in [5.41, 5.74) is 0.840. The molecule has 0 saturated carbocycles. The fourth-order valence-electron chi connectivity index (χ4n) is 1.14. The molecule has 0 fully saturated rings. The minimum absolute atomic E-state index is 0.173. The average molecular weight is 303 g/mol. The van der Waals surface area contributed by atoms with Gasteiger partial charge in [-0.25, -0.2) is 0 Å². The van der Waals surface area contributed by atoms with Gasteiger partial charge in [0.15, 0.2) is 0 Å². The van der Waals surface area contributed by atoms with Crippen molar-refractivity contribution in [3.63, 3.8) is 0 Å². The van der Waals surface area contributed by atoms with Gasteiger partial charge < -0.3 is 5.11 Å². The van der Waals surface area contributed by atoms with E-state index in [-0.39, 0.29) is 5.75 Å². The van der Waals surface area contributed by atoms with Crippen LogP contribution in [0.25, 0.3) is 10.9 Å². The van der Waals surface area contributed by atoms with Crippen molar-refractivity contribution in [3.05, 3.63) is 33.3 Å². The smallest absolute Gasteiger partial charge is 0.134 e. The topological polar surface area (TPSA) is 33.1 Å². The van der Waals surface area contributed by atoms with Gasteiger partial charge in [0.05, 0.1) is 11.7 Å². The largest absolute Gasteiger partial charge is 0.506 e. The second kappa shape index (κ2) is 3.27. The molecule has 1 aromatic heterocycles. The fourth-order valence-corrected chi connectivity index (χ4v) is 2.02. The maximum Gasteiger partial charge on any atom is 0.134 e. The van der Waals surface area contributed by atoms with Gasteiger partial charge in [-0.15, -0.1) is 0 Å². The van der Waals surface area contributed by atoms with Crippen LogP contribution in [-0.4, -0.2) is 10.1 Å². The summed E-state index contributed by atoms with van der Waals surface area (Å²) in [7, 11) is 0. The van der Waals surface area contributed by atoms with Gasteiger partial charge in [0.1, 0.15) is 5.75 Å². The third kappa shape index (κ3) is 1.56. The molecule has 0 aliphatic heterocycles. The molecule has 2 aromatic rings. The summed E-state index contributed by atoms with van der Waals surface area (Å²) in [6, 6.07) is 5.50. The zero-order valence-electron chi connectivity index (χ0n) is 6.46. The standard InChI is InChI=1S/C9H5Br2NO/c10-7-1-2-8(11)9-6(7)3-5(13)4-12-9/h1-4,13H. The molecule has 13 heavy (non-hydrogen) atoms. The minimum atomic E-state index is 0.173. The molecule has 0 saturated heterocycles. The molecule has 2 rings (SSSR count). The normalized spacial score (nSPS) is 10.6. The fraction of sp³-hybridized carbons (Fsp3) is 0. The van der Waals surface area contributed by atoms with E-state index in [9.17, 15) is 5.11 Å². The van der Waals surface area contributed by atoms with E-state index in [1.54, 1.807) is 6.07 Å². The Hall–Kier alpha value is -0.610. The zero-order valence-corrected chi connectivity index (χ0v) is 9.63. The van der Waals surface area contributed by atoms with E-state index in [4.69, 9.17) is 0 Å². The van der Waals surface area contributed by atoms with E-state index in [2.05, 4.69) is 36.8 Å². The van der Waals surface area contributed by atoms with Crippen molar-refractivity contribution in [1.29, 1.82) is 0 Å². The Morgan fingerprint density at radius 3 is 2.62 bits per heavy atom. The molecular formula is C9H5Br2NO. The Kier molecular flexibility index (Phi) is 2.26. The molecule has 0 atom stereocenters. The monoisotopic (exact) mass is 301 g/mol. The predicted molar refractivity (Wildman–Crippen MR) is 58.8 cm³/mol. The highest BCUT2D eigenvalue weighted by Gasteiger charge is 2.04. The molecular weight excluding hydrogens is 298 g/mol. The Morgan fingerprint density at radius 1 is 1.15 bits per heavy atom. The number of nitrogens with zero attached hydrogens (tertiary/aromatic N) is 1. The van der Waals surface area contributed by atoms with Crippen molar-refractivity contribution in [2.75, 3.05) is 0 Å². The third-order valence-corrected chi connectivity index (χ3v) is 3.06. The van der Waals surface area contributed by atoms with Crippen LogP contribution in [0.1, 0.15) is 0 Å². The molecule has 1 aromatic carbocycles. The molecule has 0 bridgehead atoms. The van der Waals surface area contributed by atoms with Crippen LogP contribution in [-0.2, 0) is 0 Å². The van der Waals surface area contributed by atoms with Crippen molar-refractivity contribution in [2.24, 2.45) is 0 Å². The molecule has 2 nitrogen and oxygen atoms in total. The van der Waals surface area contributed by atoms with Gasteiger partial charge in [-0.1, -0.05) is 15.9 Å². The van der Waals surface area contributed by atoms with Gasteiger partial charge in [0, 0.05) is 14.3 Å². The van der Waals surface area contributed by atoms with Crippen molar-refractivity contribution in [3.8, 4) is 5.75 Å². The van der Waals surface area contributed by atoms with Gasteiger partial charge in [0.2, 0.25) is 0 Å². The van der Waals surface area contributed by atoms with Crippen LogP contribution in [0.3, 0.4) is 0 Å². The van der Waals surface area contributed by atoms with E-state index >= 15 is 0 Å². The highest BCUT2D eigenvalue weighted by Crippen LogP contribution is 2.30. The van der Waals surface area contributed by atoms with E-state index in [1.165, 1.54) is 6.20 Å². The second-order valence-corrected chi connectivity index (χ2v) is 4.33. The van der Waals surface area contributed by atoms with Crippen LogP contribution in [0, 0.1) is 0 Å². The quantitative estimate of drug-likeness (QED) is 0.808. The van der Waals surface area contributed by atoms with Crippen molar-refractivity contribution in [2.45, 2.75) is 0 Å². The second-order valence-electron chi connectivity index (χ2n) is 2.62. The van der Waals surface area contributed by atoms with E-state index < -0.39 is 0 Å². The van der Waals surface area contributed by atoms with Gasteiger partial charge >= 0.3 is 0 Å². The Labute approximate surface area is 91.9 Å². The number of halogens is 2. The third-order valence-electron chi connectivity index (χ3n) is 1.73. The minimum Gasteiger partial charge on any atom is -0.506 e. The number of aromatic hydroxyl groups is 1. The van der Waals surface area contributed by atoms with Crippen LogP contribution in [0.2, 0.25) is 0 Å². The lowest BCUT2D eigenvalue weighted by Gasteiger charge is -2.02. The van der Waals surface area contributed by atoms with E-state index in [1.807, 2.05) is 12.1 Å². The lowest BCUT2D eigenvalue weighted by atomic mass is 10.2. The predicted octanol–water partition coefficient (Wildman–Crippen LogP) is 3.47. The van der Waals surface area contributed by atoms with Crippen LogP contribution in [0.15, 0.2) is 33.3 Å². The first-order chi connectivity index (χ1) is 6.18. The molecule has 0 unspecified atom stereocenters. The van der Waals surface area contributed by atoms with Crippen LogP contribution in [0.4, 0.5) is 0 Å². The van der Waals surface area contributed by atoms with Crippen LogP contribution in [0.5, 0.6) is 5.75 Å². The highest BCUT2D eigenvalue weighted by molar-refractivity contribution is 9.11. The number of fused-ring (bicyclic) bond motifs is 1. The van der Waals surface area contributed by atoms with Gasteiger partial charge in [-0.2, -0.15) is 0 Å². The summed E-state index contributed by atoms with van der Waals surface area (Å²) < 4.78 is 1.85. The molecule has 1 heterocycles. The first-order valence-corrected chi connectivity index (χ1v) is 5.20. The average Bonchev–Trinajstić information content (AvgIpc) is 2.12. The molecule has 0 radical (unpaired) electrons. The Bertz CT molecular complexity index is 470. The lowest BCUT2D eigenvalue weighted by molar-refractivity contribution is 0.474. The highest BCUT2D eigenvalue weighted by atomic mass is 79.9. The number of benzene rings is 1. The Balaban J connectivity index is 2.92. The van der Waals surface area contributed by atoms with E-state index in [0.29, 0.717) is 0 Å². The SMILES string of the molecule is Oc1cnc2c(Br)ccc(Br)c2c1. The zero-order chi connectivity index (χ0) is 9.42. The molecule has 1 N–H and O–H groups in total. The summed E-state index contributed by atoms with van der Waals surface area (Å²) in [4.78, 5) is 4.11. The summed E-state index contributed by atoms with van der Waals surface area (Å²) in [6.07, 6.45) is 1.43.